The van der Waals surface area contributed by atoms with E-state index >= 15 is 0 Å². The second-order valence-corrected chi connectivity index (χ2v) is 9.03. The van der Waals surface area contributed by atoms with E-state index in [2.05, 4.69) is 4.98 Å². The van der Waals surface area contributed by atoms with Gasteiger partial charge >= 0.3 is 5.91 Å². The van der Waals surface area contributed by atoms with Crippen LogP contribution in [0.5, 0.6) is 17.2 Å². The Morgan fingerprint density at radius 2 is 1.86 bits per heavy atom. The van der Waals surface area contributed by atoms with Crippen molar-refractivity contribution >= 4 is 44.1 Å². The minimum Gasteiger partial charge on any atom is -0.507 e. The maximum atomic E-state index is 13.4. The van der Waals surface area contributed by atoms with Crippen LogP contribution in [0.1, 0.15) is 24.1 Å². The number of thiazole rings is 1. The Bertz CT molecular complexity index is 1510. The number of anilines is 1. The highest BCUT2D eigenvalue weighted by atomic mass is 32.1. The average molecular weight is 503 g/mol. The maximum Gasteiger partial charge on any atom is 0.301 e. The van der Waals surface area contributed by atoms with Gasteiger partial charge in [-0.15, -0.1) is 0 Å². The molecule has 1 saturated heterocycles. The molecule has 1 amide bonds. The van der Waals surface area contributed by atoms with Crippen molar-refractivity contribution in [2.24, 2.45) is 0 Å². The van der Waals surface area contributed by atoms with Crippen molar-refractivity contribution in [3.05, 3.63) is 83.4 Å². The number of aromatic hydroxyl groups is 1. The number of carbonyl (C=O) groups is 2. The predicted molar refractivity (Wildman–Crippen MR) is 137 cm³/mol. The summed E-state index contributed by atoms with van der Waals surface area (Å²) in [5.41, 5.74) is 1.44. The second kappa shape index (κ2) is 9.35. The summed E-state index contributed by atoms with van der Waals surface area (Å²) in [4.78, 5) is 32.6. The van der Waals surface area contributed by atoms with Gasteiger partial charge < -0.3 is 19.7 Å². The molecule has 36 heavy (non-hydrogen) atoms. The van der Waals surface area contributed by atoms with Crippen molar-refractivity contribution in [2.45, 2.75) is 13.0 Å². The zero-order valence-corrected chi connectivity index (χ0v) is 20.3. The number of phenolic OH excluding ortho intramolecular Hbond substituents is 1. The third kappa shape index (κ3) is 3.93. The van der Waals surface area contributed by atoms with Crippen molar-refractivity contribution in [3.8, 4) is 17.2 Å². The van der Waals surface area contributed by atoms with Gasteiger partial charge in [0.25, 0.3) is 5.78 Å². The largest absolute Gasteiger partial charge is 0.507 e. The molecule has 3 aromatic carbocycles. The van der Waals surface area contributed by atoms with Crippen LogP contribution >= 0.6 is 11.3 Å². The smallest absolute Gasteiger partial charge is 0.301 e. The van der Waals surface area contributed by atoms with E-state index in [1.807, 2.05) is 13.0 Å². The lowest BCUT2D eigenvalue weighted by molar-refractivity contribution is -0.132. The molecular weight excluding hydrogens is 480 g/mol. The highest BCUT2D eigenvalue weighted by Crippen LogP contribution is 2.46. The first-order valence-corrected chi connectivity index (χ1v) is 12.0. The number of aliphatic hydroxyl groups is 1. The van der Waals surface area contributed by atoms with Crippen LogP contribution in [-0.4, -0.2) is 40.6 Å². The topological polar surface area (TPSA) is 109 Å². The van der Waals surface area contributed by atoms with Gasteiger partial charge in [-0.1, -0.05) is 47.7 Å². The molecule has 1 atom stereocenters. The number of phenols is 1. The number of fused-ring (bicyclic) bond motifs is 1. The molecule has 1 aliphatic heterocycles. The molecular formula is C27H22N2O6S. The fourth-order valence-electron chi connectivity index (χ4n) is 4.21. The van der Waals surface area contributed by atoms with Gasteiger partial charge in [-0.2, -0.15) is 0 Å². The highest BCUT2D eigenvalue weighted by molar-refractivity contribution is 7.22. The van der Waals surface area contributed by atoms with E-state index < -0.39 is 17.7 Å². The summed E-state index contributed by atoms with van der Waals surface area (Å²) in [5.74, 6) is -1.19. The standard InChI is InChI=1S/C27H22N2O6S/c1-3-35-17-10-11-18-21(14-17)36-27(28-18)29-23(16-9-12-19(30)20(13-16)34-2)22(25(32)26(29)33)24(31)15-7-5-4-6-8-15/h4-14,23,30-31H,3H2,1-2H3. The first kappa shape index (κ1) is 23.4. The maximum absolute atomic E-state index is 13.4. The van der Waals surface area contributed by atoms with E-state index in [9.17, 15) is 19.8 Å². The molecule has 2 heterocycles. The van der Waals surface area contributed by atoms with Crippen LogP contribution < -0.4 is 14.4 Å². The number of ketones is 1. The van der Waals surface area contributed by atoms with Gasteiger partial charge in [0.15, 0.2) is 16.6 Å². The van der Waals surface area contributed by atoms with Gasteiger partial charge in [0.05, 0.1) is 35.5 Å². The predicted octanol–water partition coefficient (Wildman–Crippen LogP) is 5.04. The number of Topliss-reactive ketones (excluding diaryl/α,β-unsaturated/α-hetero) is 1. The van der Waals surface area contributed by atoms with Gasteiger partial charge in [-0.3, -0.25) is 14.5 Å². The Balaban J connectivity index is 1.72. The minimum atomic E-state index is -0.994. The molecule has 1 unspecified atom stereocenters. The average Bonchev–Trinajstić information content (AvgIpc) is 3.42. The quantitative estimate of drug-likeness (QED) is 0.216. The fraction of sp³-hybridized carbons (Fsp3) is 0.148. The van der Waals surface area contributed by atoms with Gasteiger partial charge in [-0.05, 0) is 42.8 Å². The summed E-state index contributed by atoms with van der Waals surface area (Å²) < 4.78 is 11.6. The monoisotopic (exact) mass is 502 g/mol. The van der Waals surface area contributed by atoms with Crippen LogP contribution in [0.15, 0.2) is 72.3 Å². The number of aromatic nitrogens is 1. The molecule has 1 aliphatic rings. The van der Waals surface area contributed by atoms with Crippen LogP contribution in [0.2, 0.25) is 0 Å². The van der Waals surface area contributed by atoms with Crippen molar-refractivity contribution in [3.63, 3.8) is 0 Å². The molecule has 0 aliphatic carbocycles. The molecule has 8 nitrogen and oxygen atoms in total. The fourth-order valence-corrected chi connectivity index (χ4v) is 5.23. The molecule has 5 rings (SSSR count). The van der Waals surface area contributed by atoms with Crippen LogP contribution in [0.4, 0.5) is 5.13 Å². The first-order chi connectivity index (χ1) is 17.4. The van der Waals surface area contributed by atoms with E-state index in [1.54, 1.807) is 48.5 Å². The molecule has 0 radical (unpaired) electrons. The third-order valence-corrected chi connectivity index (χ3v) is 6.89. The Labute approximate surface area is 210 Å². The van der Waals surface area contributed by atoms with Gasteiger partial charge in [-0.25, -0.2) is 4.98 Å². The number of amides is 1. The Hall–Kier alpha value is -4.37. The van der Waals surface area contributed by atoms with Crippen LogP contribution in [0.25, 0.3) is 16.0 Å². The minimum absolute atomic E-state index is 0.0757. The number of ether oxygens (including phenoxy) is 2. The normalized spacial score (nSPS) is 17.1. The number of methoxy groups -OCH3 is 1. The van der Waals surface area contributed by atoms with E-state index in [-0.39, 0.29) is 22.8 Å². The Morgan fingerprint density at radius 3 is 2.58 bits per heavy atom. The van der Waals surface area contributed by atoms with Crippen molar-refractivity contribution in [1.29, 1.82) is 0 Å². The zero-order valence-electron chi connectivity index (χ0n) is 19.5. The lowest BCUT2D eigenvalue weighted by Gasteiger charge is -2.23. The molecule has 9 heteroatoms. The Morgan fingerprint density at radius 1 is 1.08 bits per heavy atom. The zero-order chi connectivity index (χ0) is 25.4. The lowest BCUT2D eigenvalue weighted by Crippen LogP contribution is -2.29. The summed E-state index contributed by atoms with van der Waals surface area (Å²) in [6.45, 7) is 2.40. The number of benzene rings is 3. The van der Waals surface area contributed by atoms with E-state index in [0.29, 0.717) is 34.1 Å². The summed E-state index contributed by atoms with van der Waals surface area (Å²) in [6.07, 6.45) is 0. The van der Waals surface area contributed by atoms with Gasteiger partial charge in [0.2, 0.25) is 0 Å². The lowest BCUT2D eigenvalue weighted by atomic mass is 9.95. The highest BCUT2D eigenvalue weighted by Gasteiger charge is 2.48. The summed E-state index contributed by atoms with van der Waals surface area (Å²) in [6, 6.07) is 17.5. The number of nitrogens with zero attached hydrogens (tertiary/aromatic N) is 2. The summed E-state index contributed by atoms with van der Waals surface area (Å²) >= 11 is 1.24. The van der Waals surface area contributed by atoms with Crippen LogP contribution in [-0.2, 0) is 9.59 Å². The Kier molecular flexibility index (Phi) is 6.07. The summed E-state index contributed by atoms with van der Waals surface area (Å²) in [7, 11) is 1.41. The number of carbonyl (C=O) groups excluding carboxylic acids is 2. The van der Waals surface area contributed by atoms with Crippen LogP contribution in [0.3, 0.4) is 0 Å². The van der Waals surface area contributed by atoms with E-state index in [4.69, 9.17) is 9.47 Å². The second-order valence-electron chi connectivity index (χ2n) is 8.03. The van der Waals surface area contributed by atoms with Crippen LogP contribution in [0, 0.1) is 0 Å². The molecule has 182 valence electrons. The number of hydrogen-bond donors (Lipinski definition) is 2. The SMILES string of the molecule is CCOc1ccc2nc(N3C(=O)C(=O)C(=C(O)c4ccccc4)C3c3ccc(O)c(OC)c3)sc2c1. The molecule has 1 aromatic heterocycles. The molecule has 1 fully saturated rings. The third-order valence-electron chi connectivity index (χ3n) is 5.88. The number of aliphatic hydroxyl groups excluding tert-OH is 1. The van der Waals surface area contributed by atoms with Crippen molar-refractivity contribution < 1.29 is 29.3 Å². The first-order valence-electron chi connectivity index (χ1n) is 11.2. The molecule has 0 bridgehead atoms. The molecule has 0 saturated carbocycles. The number of hydrogen-bond acceptors (Lipinski definition) is 8. The van der Waals surface area contributed by atoms with E-state index in [1.165, 1.54) is 35.5 Å². The van der Waals surface area contributed by atoms with Crippen molar-refractivity contribution in [1.82, 2.24) is 4.98 Å². The molecule has 2 N–H and O–H groups in total. The van der Waals surface area contributed by atoms with Crippen molar-refractivity contribution in [2.75, 3.05) is 18.6 Å². The molecule has 4 aromatic rings. The van der Waals surface area contributed by atoms with Gasteiger partial charge in [0, 0.05) is 5.56 Å². The summed E-state index contributed by atoms with van der Waals surface area (Å²) in [5, 5.41) is 21.6. The molecule has 0 spiro atoms. The van der Waals surface area contributed by atoms with Gasteiger partial charge in [0.1, 0.15) is 11.5 Å². The van der Waals surface area contributed by atoms with E-state index in [0.717, 1.165) is 4.70 Å². The number of rotatable bonds is 6.